The van der Waals surface area contributed by atoms with Crippen molar-refractivity contribution in [3.05, 3.63) is 35.7 Å². The number of hydrogen-bond acceptors (Lipinski definition) is 6. The second-order valence-electron chi connectivity index (χ2n) is 7.03. The van der Waals surface area contributed by atoms with E-state index in [1.807, 2.05) is 0 Å². The van der Waals surface area contributed by atoms with Gasteiger partial charge in [0.15, 0.2) is 11.6 Å². The van der Waals surface area contributed by atoms with Gasteiger partial charge in [-0.2, -0.15) is 10.1 Å². The highest BCUT2D eigenvalue weighted by atomic mass is 35.5. The first kappa shape index (κ1) is 22.8. The van der Waals surface area contributed by atoms with Crippen molar-refractivity contribution in [2.24, 2.45) is 7.05 Å². The zero-order valence-electron chi connectivity index (χ0n) is 16.8. The second kappa shape index (κ2) is 10.9. The van der Waals surface area contributed by atoms with Crippen LogP contribution in [0.1, 0.15) is 54.7 Å². The maximum Gasteiger partial charge on any atom is 0.227 e. The number of Topliss-reactive ketones (excluding diaryl/α,β-unsaturated/α-hetero) is 1. The third-order valence-corrected chi connectivity index (χ3v) is 4.79. The predicted octanol–water partition coefficient (Wildman–Crippen LogP) is 2.70. The highest BCUT2D eigenvalue weighted by Gasteiger charge is 2.21. The summed E-state index contributed by atoms with van der Waals surface area (Å²) in [6.45, 7) is 3.86. The first-order chi connectivity index (χ1) is 13.5. The maximum absolute atomic E-state index is 12.2. The summed E-state index contributed by atoms with van der Waals surface area (Å²) in [5.41, 5.74) is 0.613. The minimum atomic E-state index is -0.117. The molecule has 0 spiro atoms. The molecule has 0 bridgehead atoms. The normalized spacial score (nSPS) is 14.1. The Morgan fingerprint density at radius 3 is 2.79 bits per heavy atom. The standard InChI is InChI=1S/C20H27N5O3.ClH/c1-14(26)16-5-3-6-17(13-16)28-12-4-7-18(27)22-20-23-19(24-25(20)2)15-8-10-21-11-9-15;/h3,5-6,13,15,21H,4,7-12H2,1-2H3,(H,22,23,24,27);1H. The molecule has 0 aliphatic carbocycles. The Hall–Kier alpha value is -2.45. The number of aromatic nitrogens is 3. The number of halogens is 1. The zero-order valence-corrected chi connectivity index (χ0v) is 17.6. The molecule has 9 heteroatoms. The fourth-order valence-electron chi connectivity index (χ4n) is 3.18. The zero-order chi connectivity index (χ0) is 19.9. The number of nitrogens with zero attached hydrogens (tertiary/aromatic N) is 3. The first-order valence-electron chi connectivity index (χ1n) is 9.68. The van der Waals surface area contributed by atoms with E-state index < -0.39 is 0 Å². The molecule has 29 heavy (non-hydrogen) atoms. The van der Waals surface area contributed by atoms with Crippen LogP contribution in [-0.2, 0) is 11.8 Å². The molecule has 1 fully saturated rings. The van der Waals surface area contributed by atoms with Gasteiger partial charge in [-0.05, 0) is 51.4 Å². The molecule has 1 amide bonds. The molecule has 0 unspecified atom stereocenters. The van der Waals surface area contributed by atoms with Gasteiger partial charge in [-0.3, -0.25) is 14.9 Å². The molecule has 3 rings (SSSR count). The van der Waals surface area contributed by atoms with Crippen molar-refractivity contribution in [2.45, 2.75) is 38.5 Å². The molecule has 1 aliphatic heterocycles. The second-order valence-corrected chi connectivity index (χ2v) is 7.03. The van der Waals surface area contributed by atoms with Crippen molar-refractivity contribution >= 4 is 30.0 Å². The number of rotatable bonds is 8. The van der Waals surface area contributed by atoms with Crippen molar-refractivity contribution < 1.29 is 14.3 Å². The molecular formula is C20H28ClN5O3. The number of benzene rings is 1. The van der Waals surface area contributed by atoms with Gasteiger partial charge in [-0.25, -0.2) is 4.68 Å². The van der Waals surface area contributed by atoms with Crippen LogP contribution in [0, 0.1) is 0 Å². The van der Waals surface area contributed by atoms with E-state index in [0.29, 0.717) is 42.6 Å². The Morgan fingerprint density at radius 1 is 1.31 bits per heavy atom. The summed E-state index contributed by atoms with van der Waals surface area (Å²) >= 11 is 0. The van der Waals surface area contributed by atoms with E-state index in [2.05, 4.69) is 20.7 Å². The molecule has 0 saturated carbocycles. The summed E-state index contributed by atoms with van der Waals surface area (Å²) < 4.78 is 7.26. The summed E-state index contributed by atoms with van der Waals surface area (Å²) in [6.07, 6.45) is 2.91. The topological polar surface area (TPSA) is 98.1 Å². The van der Waals surface area contributed by atoms with Gasteiger partial charge in [0, 0.05) is 24.9 Å². The quantitative estimate of drug-likeness (QED) is 0.502. The Bertz CT molecular complexity index is 833. The number of nitrogens with one attached hydrogen (secondary N) is 2. The van der Waals surface area contributed by atoms with E-state index >= 15 is 0 Å². The maximum atomic E-state index is 12.2. The summed E-state index contributed by atoms with van der Waals surface area (Å²) in [5, 5.41) is 10.6. The number of piperidine rings is 1. The molecule has 2 heterocycles. The van der Waals surface area contributed by atoms with Gasteiger partial charge in [0.05, 0.1) is 6.61 Å². The molecule has 2 N–H and O–H groups in total. The number of ether oxygens (including phenoxy) is 1. The lowest BCUT2D eigenvalue weighted by atomic mass is 9.98. The van der Waals surface area contributed by atoms with Gasteiger partial charge < -0.3 is 10.1 Å². The average molecular weight is 422 g/mol. The van der Waals surface area contributed by atoms with Crippen LogP contribution in [-0.4, -0.2) is 46.2 Å². The van der Waals surface area contributed by atoms with Crippen LogP contribution in [0.2, 0.25) is 0 Å². The molecule has 2 aromatic rings. The number of amides is 1. The lowest BCUT2D eigenvalue weighted by molar-refractivity contribution is -0.116. The molecule has 1 aromatic carbocycles. The lowest BCUT2D eigenvalue weighted by Gasteiger charge is -2.19. The van der Waals surface area contributed by atoms with Crippen LogP contribution in [0.3, 0.4) is 0 Å². The van der Waals surface area contributed by atoms with Crippen LogP contribution in [0.5, 0.6) is 5.75 Å². The van der Waals surface area contributed by atoms with Gasteiger partial charge in [0.1, 0.15) is 5.75 Å². The highest BCUT2D eigenvalue weighted by Crippen LogP contribution is 2.23. The lowest BCUT2D eigenvalue weighted by Crippen LogP contribution is -2.27. The van der Waals surface area contributed by atoms with Gasteiger partial charge in [0.25, 0.3) is 0 Å². The third-order valence-electron chi connectivity index (χ3n) is 4.79. The van der Waals surface area contributed by atoms with Crippen LogP contribution in [0.25, 0.3) is 0 Å². The Labute approximate surface area is 176 Å². The largest absolute Gasteiger partial charge is 0.494 e. The molecule has 1 aromatic heterocycles. The molecule has 0 atom stereocenters. The molecule has 0 radical (unpaired) electrons. The Morgan fingerprint density at radius 2 is 2.07 bits per heavy atom. The monoisotopic (exact) mass is 421 g/mol. The Kier molecular flexibility index (Phi) is 8.60. The van der Waals surface area contributed by atoms with Crippen LogP contribution in [0.15, 0.2) is 24.3 Å². The van der Waals surface area contributed by atoms with Gasteiger partial charge in [-0.1, -0.05) is 12.1 Å². The molecule has 1 aliphatic rings. The van der Waals surface area contributed by atoms with Crippen LogP contribution in [0.4, 0.5) is 5.95 Å². The van der Waals surface area contributed by atoms with E-state index in [0.717, 1.165) is 31.8 Å². The van der Waals surface area contributed by atoms with E-state index in [-0.39, 0.29) is 24.1 Å². The first-order valence-corrected chi connectivity index (χ1v) is 9.68. The van der Waals surface area contributed by atoms with Crippen molar-refractivity contribution in [2.75, 3.05) is 25.0 Å². The van der Waals surface area contributed by atoms with Crippen LogP contribution >= 0.6 is 12.4 Å². The fraction of sp³-hybridized carbons (Fsp3) is 0.500. The molecule has 1 saturated heterocycles. The van der Waals surface area contributed by atoms with Gasteiger partial charge in [-0.15, -0.1) is 12.4 Å². The van der Waals surface area contributed by atoms with Gasteiger partial charge in [0.2, 0.25) is 11.9 Å². The average Bonchev–Trinajstić information content (AvgIpc) is 3.06. The summed E-state index contributed by atoms with van der Waals surface area (Å²) in [5.74, 6) is 2.14. The van der Waals surface area contributed by atoms with Crippen molar-refractivity contribution in [1.82, 2.24) is 20.1 Å². The summed E-state index contributed by atoms with van der Waals surface area (Å²) in [7, 11) is 1.79. The number of ketones is 1. The van der Waals surface area contributed by atoms with E-state index in [1.54, 1.807) is 36.0 Å². The number of anilines is 1. The summed E-state index contributed by atoms with van der Waals surface area (Å²) in [4.78, 5) is 28.1. The number of carbonyl (C=O) groups excluding carboxylic acids is 2. The predicted molar refractivity (Wildman–Crippen MR) is 113 cm³/mol. The van der Waals surface area contributed by atoms with Crippen molar-refractivity contribution in [3.63, 3.8) is 0 Å². The SMILES string of the molecule is CC(=O)c1cccc(OCCCC(=O)Nc2nc(C3CCNCC3)nn2C)c1.Cl. The Balaban J connectivity index is 0.00000300. The molecule has 8 nitrogen and oxygen atoms in total. The van der Waals surface area contributed by atoms with Gasteiger partial charge >= 0.3 is 0 Å². The van der Waals surface area contributed by atoms with Crippen molar-refractivity contribution in [1.29, 1.82) is 0 Å². The number of aryl methyl sites for hydroxylation is 1. The van der Waals surface area contributed by atoms with Crippen LogP contribution < -0.4 is 15.4 Å². The number of carbonyl (C=O) groups is 2. The minimum absolute atomic E-state index is 0. The highest BCUT2D eigenvalue weighted by molar-refractivity contribution is 5.94. The summed E-state index contributed by atoms with van der Waals surface area (Å²) in [6, 6.07) is 7.05. The van der Waals surface area contributed by atoms with Crippen molar-refractivity contribution in [3.8, 4) is 5.75 Å². The minimum Gasteiger partial charge on any atom is -0.494 e. The number of hydrogen-bond donors (Lipinski definition) is 2. The molecular weight excluding hydrogens is 394 g/mol. The van der Waals surface area contributed by atoms with E-state index in [4.69, 9.17) is 4.74 Å². The fourth-order valence-corrected chi connectivity index (χ4v) is 3.18. The smallest absolute Gasteiger partial charge is 0.227 e. The molecule has 158 valence electrons. The third kappa shape index (κ3) is 6.54. The van der Waals surface area contributed by atoms with E-state index in [1.165, 1.54) is 6.92 Å². The van der Waals surface area contributed by atoms with E-state index in [9.17, 15) is 9.59 Å².